The summed E-state index contributed by atoms with van der Waals surface area (Å²) in [7, 11) is 0. The molecule has 5 heteroatoms. The first-order valence-corrected chi connectivity index (χ1v) is 5.75. The molecule has 2 rings (SSSR count). The van der Waals surface area contributed by atoms with Gasteiger partial charge in [-0.1, -0.05) is 6.07 Å². The average molecular weight is 245 g/mol. The molecule has 4 N–H and O–H groups in total. The van der Waals surface area contributed by atoms with Crippen LogP contribution in [0.1, 0.15) is 15.4 Å². The monoisotopic (exact) mass is 245 g/mol. The van der Waals surface area contributed by atoms with Gasteiger partial charge in [0, 0.05) is 11.9 Å². The van der Waals surface area contributed by atoms with Crippen LogP contribution in [-0.4, -0.2) is 11.3 Å². The predicted octanol–water partition coefficient (Wildman–Crippen LogP) is 2.13. The number of nitrogen functional groups attached to an aromatic ring is 1. The Hall–Kier alpha value is -2.14. The number of nitrogens with zero attached hydrogens (tertiary/aromatic N) is 1. The number of carbonyl (C=O) groups is 1. The van der Waals surface area contributed by atoms with Crippen molar-refractivity contribution in [3.8, 4) is 10.4 Å². The molecule has 1 aromatic heterocycles. The minimum absolute atomic E-state index is 0.466. The highest BCUT2D eigenvalue weighted by atomic mass is 32.1. The topological polar surface area (TPSA) is 82.0 Å². The summed E-state index contributed by atoms with van der Waals surface area (Å²) in [5, 5.41) is 0.466. The number of hydrogen-bond acceptors (Lipinski definition) is 5. The summed E-state index contributed by atoms with van der Waals surface area (Å²) in [6, 6.07) is 5.62. The van der Waals surface area contributed by atoms with Gasteiger partial charge in [-0.25, -0.2) is 4.98 Å². The molecule has 0 radical (unpaired) electrons. The summed E-state index contributed by atoms with van der Waals surface area (Å²) in [4.78, 5) is 15.5. The lowest BCUT2D eigenvalue weighted by Crippen LogP contribution is -1.90. The van der Waals surface area contributed by atoms with E-state index in [1.165, 1.54) is 17.5 Å². The quantitative estimate of drug-likeness (QED) is 0.641. The van der Waals surface area contributed by atoms with Crippen LogP contribution in [0, 0.1) is 0 Å². The van der Waals surface area contributed by atoms with Crippen molar-refractivity contribution in [1.82, 2.24) is 4.98 Å². The average Bonchev–Trinajstić information content (AvgIpc) is 2.81. The van der Waals surface area contributed by atoms with Crippen molar-refractivity contribution in [3.05, 3.63) is 41.2 Å². The Morgan fingerprint density at radius 1 is 1.35 bits per heavy atom. The molecule has 0 aliphatic carbocycles. The lowest BCUT2D eigenvalue weighted by atomic mass is 10.1. The minimum Gasteiger partial charge on any atom is -0.405 e. The summed E-state index contributed by atoms with van der Waals surface area (Å²) >= 11 is 1.34. The van der Waals surface area contributed by atoms with Crippen molar-refractivity contribution < 1.29 is 4.79 Å². The Kier molecular flexibility index (Phi) is 3.20. The normalized spacial score (nSPS) is 10.8. The summed E-state index contributed by atoms with van der Waals surface area (Å²) in [5.41, 5.74) is 13.6. The van der Waals surface area contributed by atoms with Crippen LogP contribution >= 0.6 is 11.3 Å². The molecule has 0 fully saturated rings. The zero-order valence-corrected chi connectivity index (χ0v) is 9.78. The molecule has 86 valence electrons. The van der Waals surface area contributed by atoms with Gasteiger partial charge in [0.1, 0.15) is 0 Å². The number of nitrogens with two attached hydrogens (primary N) is 2. The van der Waals surface area contributed by atoms with Gasteiger partial charge in [0.05, 0.1) is 4.88 Å². The van der Waals surface area contributed by atoms with Crippen LogP contribution < -0.4 is 11.5 Å². The van der Waals surface area contributed by atoms with Crippen LogP contribution in [0.5, 0.6) is 0 Å². The van der Waals surface area contributed by atoms with Gasteiger partial charge in [0.15, 0.2) is 11.3 Å². The number of anilines is 1. The standard InChI is InChI=1S/C12H11N3OS/c13-4-3-8-5-9(1-2-10(8)14)11-6-15-12(7-16)17-11/h1-7H,13-14H2/b4-3-. The number of benzene rings is 1. The molecule has 0 spiro atoms. The zero-order valence-electron chi connectivity index (χ0n) is 8.96. The van der Waals surface area contributed by atoms with E-state index in [0.29, 0.717) is 10.7 Å². The smallest absolute Gasteiger partial charge is 0.178 e. The van der Waals surface area contributed by atoms with Gasteiger partial charge in [-0.15, -0.1) is 11.3 Å². The Morgan fingerprint density at radius 2 is 2.18 bits per heavy atom. The highest BCUT2D eigenvalue weighted by molar-refractivity contribution is 7.16. The van der Waals surface area contributed by atoms with E-state index >= 15 is 0 Å². The molecule has 0 atom stereocenters. The van der Waals surface area contributed by atoms with Crippen LogP contribution in [0.15, 0.2) is 30.6 Å². The zero-order chi connectivity index (χ0) is 12.3. The van der Waals surface area contributed by atoms with Gasteiger partial charge in [0.25, 0.3) is 0 Å². The van der Waals surface area contributed by atoms with Gasteiger partial charge in [-0.3, -0.25) is 4.79 Å². The first-order chi connectivity index (χ1) is 8.24. The molecule has 17 heavy (non-hydrogen) atoms. The Labute approximate surface area is 103 Å². The van der Waals surface area contributed by atoms with Crippen molar-refractivity contribution in [3.63, 3.8) is 0 Å². The van der Waals surface area contributed by atoms with Gasteiger partial charge in [-0.05, 0) is 35.5 Å². The number of rotatable bonds is 3. The molecule has 0 aliphatic rings. The van der Waals surface area contributed by atoms with Gasteiger partial charge >= 0.3 is 0 Å². The van der Waals surface area contributed by atoms with Gasteiger partial charge in [0.2, 0.25) is 0 Å². The number of aromatic nitrogens is 1. The molecule has 0 bridgehead atoms. The maximum Gasteiger partial charge on any atom is 0.178 e. The van der Waals surface area contributed by atoms with Gasteiger partial charge in [-0.2, -0.15) is 0 Å². The van der Waals surface area contributed by atoms with Crippen molar-refractivity contribution in [1.29, 1.82) is 0 Å². The largest absolute Gasteiger partial charge is 0.405 e. The molecule has 4 nitrogen and oxygen atoms in total. The van der Waals surface area contributed by atoms with Crippen molar-refractivity contribution >= 4 is 29.4 Å². The number of aldehydes is 1. The fraction of sp³-hybridized carbons (Fsp3) is 0. The maximum atomic E-state index is 10.6. The van der Waals surface area contributed by atoms with E-state index in [0.717, 1.165) is 22.3 Å². The molecule has 2 aromatic rings. The summed E-state index contributed by atoms with van der Waals surface area (Å²) in [6.07, 6.45) is 5.60. The van der Waals surface area contributed by atoms with Crippen molar-refractivity contribution in [2.75, 3.05) is 5.73 Å². The number of thiazole rings is 1. The van der Waals surface area contributed by atoms with Crippen LogP contribution in [0.3, 0.4) is 0 Å². The van der Waals surface area contributed by atoms with Crippen molar-refractivity contribution in [2.24, 2.45) is 5.73 Å². The first-order valence-electron chi connectivity index (χ1n) is 4.94. The third kappa shape index (κ3) is 2.34. The Bertz CT molecular complexity index is 575. The molecule has 0 aliphatic heterocycles. The summed E-state index contributed by atoms with van der Waals surface area (Å²) in [5.74, 6) is 0. The molecule has 1 heterocycles. The van der Waals surface area contributed by atoms with Crippen LogP contribution in [-0.2, 0) is 0 Å². The van der Waals surface area contributed by atoms with E-state index in [9.17, 15) is 4.79 Å². The van der Waals surface area contributed by atoms with E-state index < -0.39 is 0 Å². The predicted molar refractivity (Wildman–Crippen MR) is 70.6 cm³/mol. The highest BCUT2D eigenvalue weighted by Crippen LogP contribution is 2.28. The molecular weight excluding hydrogens is 234 g/mol. The van der Waals surface area contributed by atoms with Crippen LogP contribution in [0.2, 0.25) is 0 Å². The molecule has 0 saturated carbocycles. The second-order valence-corrected chi connectivity index (χ2v) is 4.45. The van der Waals surface area contributed by atoms with E-state index in [-0.39, 0.29) is 0 Å². The Balaban J connectivity index is 2.45. The second-order valence-electron chi connectivity index (χ2n) is 3.38. The number of carbonyl (C=O) groups excluding carboxylic acids is 1. The maximum absolute atomic E-state index is 10.6. The Morgan fingerprint density at radius 3 is 2.82 bits per heavy atom. The van der Waals surface area contributed by atoms with E-state index in [2.05, 4.69) is 4.98 Å². The lowest BCUT2D eigenvalue weighted by molar-refractivity contribution is 0.112. The van der Waals surface area contributed by atoms with Crippen LogP contribution in [0.25, 0.3) is 16.5 Å². The molecule has 0 amide bonds. The van der Waals surface area contributed by atoms with Crippen molar-refractivity contribution in [2.45, 2.75) is 0 Å². The van der Waals surface area contributed by atoms with Gasteiger partial charge < -0.3 is 11.5 Å². The highest BCUT2D eigenvalue weighted by Gasteiger charge is 2.05. The third-order valence-corrected chi connectivity index (χ3v) is 3.24. The molecule has 1 aromatic carbocycles. The molecule has 0 saturated heterocycles. The van der Waals surface area contributed by atoms with E-state index in [1.54, 1.807) is 12.3 Å². The SMILES string of the molecule is N/C=C\c1cc(-c2cnc(C=O)s2)ccc1N. The molecule has 0 unspecified atom stereocenters. The first kappa shape index (κ1) is 11.3. The number of hydrogen-bond donors (Lipinski definition) is 2. The molecular formula is C12H11N3OS. The minimum atomic E-state index is 0.466. The fourth-order valence-electron chi connectivity index (χ4n) is 1.45. The van der Waals surface area contributed by atoms with E-state index in [1.807, 2.05) is 18.2 Å². The van der Waals surface area contributed by atoms with Crippen LogP contribution in [0.4, 0.5) is 5.69 Å². The fourth-order valence-corrected chi connectivity index (χ4v) is 2.18. The summed E-state index contributed by atoms with van der Waals surface area (Å²) < 4.78 is 0. The second kappa shape index (κ2) is 4.80. The summed E-state index contributed by atoms with van der Waals surface area (Å²) in [6.45, 7) is 0. The third-order valence-electron chi connectivity index (χ3n) is 2.27. The van der Waals surface area contributed by atoms with E-state index in [4.69, 9.17) is 11.5 Å². The lowest BCUT2D eigenvalue weighted by Gasteiger charge is -2.03.